The van der Waals surface area contributed by atoms with Crippen LogP contribution in [0.3, 0.4) is 0 Å². The minimum atomic E-state index is -4.27. The topological polar surface area (TPSA) is 122 Å². The molecule has 2 N–H and O–H groups in total. The molecule has 1 aromatic heterocycles. The van der Waals surface area contributed by atoms with E-state index in [1.807, 2.05) is 0 Å². The van der Waals surface area contributed by atoms with E-state index in [4.69, 9.17) is 9.11 Å². The maximum Gasteiger partial charge on any atom is 0.294 e. The number of nitrogens with zero attached hydrogens (tertiary/aromatic N) is 1. The van der Waals surface area contributed by atoms with Gasteiger partial charge in [0, 0.05) is 5.56 Å². The second kappa shape index (κ2) is 6.32. The molecule has 3 aromatic rings. The molecule has 10 heteroatoms. The molecular weight excluding hydrogens is 386 g/mol. The average molecular weight is 397 g/mol. The largest absolute Gasteiger partial charge is 0.294 e. The lowest BCUT2D eigenvalue weighted by Crippen LogP contribution is -1.97. The van der Waals surface area contributed by atoms with Gasteiger partial charge in [0.15, 0.2) is 0 Å². The van der Waals surface area contributed by atoms with Crippen LogP contribution in [-0.4, -0.2) is 30.9 Å². The van der Waals surface area contributed by atoms with Gasteiger partial charge >= 0.3 is 0 Å². The molecular formula is C15H11NO6S3. The van der Waals surface area contributed by atoms with Crippen molar-refractivity contribution in [2.45, 2.75) is 9.79 Å². The van der Waals surface area contributed by atoms with E-state index in [2.05, 4.69) is 4.98 Å². The highest BCUT2D eigenvalue weighted by molar-refractivity contribution is 7.86. The molecule has 3 rings (SSSR count). The molecule has 1 heterocycles. The van der Waals surface area contributed by atoms with Crippen molar-refractivity contribution in [2.24, 2.45) is 0 Å². The Kier molecular flexibility index (Phi) is 4.47. The lowest BCUT2D eigenvalue weighted by atomic mass is 10.1. The Bertz CT molecular complexity index is 1020. The minimum Gasteiger partial charge on any atom is -0.282 e. The second-order valence-corrected chi connectivity index (χ2v) is 8.73. The number of thiazole rings is 1. The molecule has 2 aromatic carbocycles. The summed E-state index contributed by atoms with van der Waals surface area (Å²) >= 11 is 1.33. The van der Waals surface area contributed by atoms with Crippen LogP contribution in [0.15, 0.2) is 63.8 Å². The van der Waals surface area contributed by atoms with Crippen LogP contribution in [0.5, 0.6) is 0 Å². The molecule has 0 saturated heterocycles. The molecule has 7 nitrogen and oxygen atoms in total. The lowest BCUT2D eigenvalue weighted by Gasteiger charge is -2.05. The molecule has 0 aliphatic carbocycles. The van der Waals surface area contributed by atoms with E-state index in [1.165, 1.54) is 47.7 Å². The fourth-order valence-corrected chi connectivity index (χ4v) is 4.00. The molecule has 130 valence electrons. The van der Waals surface area contributed by atoms with Crippen LogP contribution >= 0.6 is 11.3 Å². The first-order valence-electron chi connectivity index (χ1n) is 6.75. The van der Waals surface area contributed by atoms with Gasteiger partial charge in [-0.05, 0) is 29.8 Å². The second-order valence-electron chi connectivity index (χ2n) is 5.03. The highest BCUT2D eigenvalue weighted by atomic mass is 32.2. The van der Waals surface area contributed by atoms with Gasteiger partial charge in [0.05, 0.1) is 25.9 Å². The zero-order valence-electron chi connectivity index (χ0n) is 12.4. The smallest absolute Gasteiger partial charge is 0.282 e. The Morgan fingerprint density at radius 2 is 1.16 bits per heavy atom. The molecule has 0 aliphatic heterocycles. The van der Waals surface area contributed by atoms with Crippen LogP contribution in [0.25, 0.3) is 21.7 Å². The molecule has 0 fully saturated rings. The molecule has 0 amide bonds. The Hall–Kier alpha value is -2.11. The number of benzene rings is 2. The summed E-state index contributed by atoms with van der Waals surface area (Å²) in [6.07, 6.45) is 0. The van der Waals surface area contributed by atoms with Gasteiger partial charge in [0.1, 0.15) is 0 Å². The summed E-state index contributed by atoms with van der Waals surface area (Å²) in [7, 11) is -8.53. The third-order valence-corrected chi connectivity index (χ3v) is 6.02. The Labute approximate surface area is 148 Å². The molecule has 0 atom stereocenters. The maximum atomic E-state index is 11.1. The summed E-state index contributed by atoms with van der Waals surface area (Å²) in [5, 5.41) is 0. The molecule has 0 saturated carbocycles. The van der Waals surface area contributed by atoms with Gasteiger partial charge in [-0.1, -0.05) is 24.3 Å². The van der Waals surface area contributed by atoms with Gasteiger partial charge in [-0.3, -0.25) is 9.11 Å². The SMILES string of the molecule is O=S(=O)(O)c1ccc(-c2ncsc2-c2ccc(S(=O)(=O)O)cc2)cc1. The van der Waals surface area contributed by atoms with E-state index in [-0.39, 0.29) is 9.79 Å². The summed E-state index contributed by atoms with van der Waals surface area (Å²) in [5.74, 6) is 0. The molecule has 0 unspecified atom stereocenters. The fourth-order valence-electron chi connectivity index (χ4n) is 2.22. The number of aromatic nitrogens is 1. The van der Waals surface area contributed by atoms with Crippen LogP contribution < -0.4 is 0 Å². The quantitative estimate of drug-likeness (QED) is 0.649. The third-order valence-electron chi connectivity index (χ3n) is 3.41. The van der Waals surface area contributed by atoms with Crippen LogP contribution in [0, 0.1) is 0 Å². The zero-order chi connectivity index (χ0) is 18.2. The minimum absolute atomic E-state index is 0.208. The van der Waals surface area contributed by atoms with Crippen molar-refractivity contribution < 1.29 is 25.9 Å². The van der Waals surface area contributed by atoms with Gasteiger partial charge in [-0.2, -0.15) is 16.8 Å². The van der Waals surface area contributed by atoms with Crippen molar-refractivity contribution in [3.8, 4) is 21.7 Å². The van der Waals surface area contributed by atoms with Gasteiger partial charge in [-0.25, -0.2) is 4.98 Å². The number of hydrogen-bond acceptors (Lipinski definition) is 6. The fraction of sp³-hybridized carbons (Fsp3) is 0. The lowest BCUT2D eigenvalue weighted by molar-refractivity contribution is 0.481. The summed E-state index contributed by atoms with van der Waals surface area (Å²) in [6, 6.07) is 11.3. The first-order valence-corrected chi connectivity index (χ1v) is 10.5. The van der Waals surface area contributed by atoms with E-state index in [0.29, 0.717) is 16.8 Å². The van der Waals surface area contributed by atoms with E-state index in [9.17, 15) is 16.8 Å². The molecule has 0 spiro atoms. The first kappa shape index (κ1) is 17.7. The average Bonchev–Trinajstić information content (AvgIpc) is 3.03. The van der Waals surface area contributed by atoms with Crippen molar-refractivity contribution >= 4 is 31.6 Å². The van der Waals surface area contributed by atoms with E-state index >= 15 is 0 Å². The van der Waals surface area contributed by atoms with Gasteiger partial charge < -0.3 is 0 Å². The highest BCUT2D eigenvalue weighted by Gasteiger charge is 2.15. The summed E-state index contributed by atoms with van der Waals surface area (Å²) in [6.45, 7) is 0. The monoisotopic (exact) mass is 397 g/mol. The molecule has 0 bridgehead atoms. The van der Waals surface area contributed by atoms with Crippen LogP contribution in [0.4, 0.5) is 0 Å². The van der Waals surface area contributed by atoms with Crippen LogP contribution in [0.2, 0.25) is 0 Å². The van der Waals surface area contributed by atoms with Crippen molar-refractivity contribution in [1.29, 1.82) is 0 Å². The van der Waals surface area contributed by atoms with Crippen LogP contribution in [0.1, 0.15) is 0 Å². The molecule has 0 aliphatic rings. The Balaban J connectivity index is 2.01. The van der Waals surface area contributed by atoms with Gasteiger partial charge in [0.25, 0.3) is 20.2 Å². The van der Waals surface area contributed by atoms with E-state index in [1.54, 1.807) is 17.6 Å². The summed E-state index contributed by atoms with van der Waals surface area (Å²) in [4.78, 5) is 4.59. The van der Waals surface area contributed by atoms with E-state index in [0.717, 1.165) is 4.88 Å². The summed E-state index contributed by atoms with van der Waals surface area (Å²) < 4.78 is 62.5. The third kappa shape index (κ3) is 3.78. The highest BCUT2D eigenvalue weighted by Crippen LogP contribution is 2.35. The van der Waals surface area contributed by atoms with Gasteiger partial charge in [-0.15, -0.1) is 11.3 Å². The number of rotatable bonds is 4. The predicted octanol–water partition coefficient (Wildman–Crippen LogP) is 2.97. The van der Waals surface area contributed by atoms with Crippen molar-refractivity contribution in [3.05, 3.63) is 54.0 Å². The van der Waals surface area contributed by atoms with E-state index < -0.39 is 20.2 Å². The summed E-state index contributed by atoms with van der Waals surface area (Å²) in [5.41, 5.74) is 3.54. The van der Waals surface area contributed by atoms with Crippen LogP contribution in [-0.2, 0) is 20.2 Å². The number of hydrogen-bond donors (Lipinski definition) is 2. The molecule has 25 heavy (non-hydrogen) atoms. The maximum absolute atomic E-state index is 11.1. The normalized spacial score (nSPS) is 12.2. The molecule has 0 radical (unpaired) electrons. The standard InChI is InChI=1S/C15H11NO6S3/c17-24(18,19)12-5-1-10(2-6-12)14-15(23-9-16-14)11-3-7-13(8-4-11)25(20,21)22/h1-9H,(H,17,18,19)(H,20,21,22). The Morgan fingerprint density at radius 3 is 1.60 bits per heavy atom. The van der Waals surface area contributed by atoms with Gasteiger partial charge in [0.2, 0.25) is 0 Å². The van der Waals surface area contributed by atoms with Crippen molar-refractivity contribution in [3.63, 3.8) is 0 Å². The van der Waals surface area contributed by atoms with Crippen molar-refractivity contribution in [1.82, 2.24) is 4.98 Å². The van der Waals surface area contributed by atoms with Crippen molar-refractivity contribution in [2.75, 3.05) is 0 Å². The zero-order valence-corrected chi connectivity index (χ0v) is 14.8. The Morgan fingerprint density at radius 1 is 0.720 bits per heavy atom. The predicted molar refractivity (Wildman–Crippen MR) is 92.6 cm³/mol. The first-order chi connectivity index (χ1) is 11.7.